The van der Waals surface area contributed by atoms with Crippen molar-refractivity contribution in [3.8, 4) is 0 Å². The fraction of sp³-hybridized carbons (Fsp3) is 0.250. The Balaban J connectivity index is 2.03. The topological polar surface area (TPSA) is 38.3 Å². The van der Waals surface area contributed by atoms with E-state index in [0.29, 0.717) is 11.6 Å². The number of nitrogens with one attached hydrogen (secondary N) is 1. The number of carbonyl (C=O) groups excluding carboxylic acids is 1. The Bertz CT molecular complexity index is 476. The Morgan fingerprint density at radius 3 is 3.12 bits per heavy atom. The van der Waals surface area contributed by atoms with Crippen molar-refractivity contribution >= 4 is 17.5 Å². The van der Waals surface area contributed by atoms with Crippen molar-refractivity contribution in [2.24, 2.45) is 0 Å². The van der Waals surface area contributed by atoms with Gasteiger partial charge in [0.05, 0.1) is 6.61 Å². The van der Waals surface area contributed by atoms with Gasteiger partial charge < -0.3 is 10.1 Å². The third-order valence-corrected chi connectivity index (χ3v) is 2.82. The van der Waals surface area contributed by atoms with Gasteiger partial charge in [0, 0.05) is 11.6 Å². The smallest absolute Gasteiger partial charge is 0.279 e. The van der Waals surface area contributed by atoms with E-state index < -0.39 is 11.7 Å². The number of rotatable bonds is 3. The number of hydrogen-bond donors (Lipinski definition) is 1. The average Bonchev–Trinajstić information content (AvgIpc) is 2.67. The first-order valence-electron chi connectivity index (χ1n) is 5.10. The van der Waals surface area contributed by atoms with Crippen molar-refractivity contribution < 1.29 is 13.9 Å². The summed E-state index contributed by atoms with van der Waals surface area (Å²) in [6.45, 7) is 3.59. The molecule has 1 unspecified atom stereocenters. The van der Waals surface area contributed by atoms with Crippen molar-refractivity contribution in [3.63, 3.8) is 0 Å². The summed E-state index contributed by atoms with van der Waals surface area (Å²) in [5, 5.41) is 3.06. The summed E-state index contributed by atoms with van der Waals surface area (Å²) in [4.78, 5) is 11.0. The van der Waals surface area contributed by atoms with Gasteiger partial charge in [-0.15, -0.1) is 0 Å². The molecule has 1 aliphatic heterocycles. The number of amides is 1. The molecule has 0 aliphatic carbocycles. The normalized spacial score (nSPS) is 17.6. The summed E-state index contributed by atoms with van der Waals surface area (Å²) in [5.74, 6) is -1.81. The molecule has 1 aromatic rings. The van der Waals surface area contributed by atoms with Crippen molar-refractivity contribution in [3.05, 3.63) is 46.8 Å². The van der Waals surface area contributed by atoms with Crippen LogP contribution < -0.4 is 5.32 Å². The van der Waals surface area contributed by atoms with E-state index in [1.165, 1.54) is 0 Å². The first-order chi connectivity index (χ1) is 8.08. The maximum atomic E-state index is 12.5. The molecule has 0 fully saturated rings. The summed E-state index contributed by atoms with van der Waals surface area (Å²) < 4.78 is 17.9. The molecule has 1 heterocycles. The second-order valence-electron chi connectivity index (χ2n) is 3.76. The summed E-state index contributed by atoms with van der Waals surface area (Å²) in [6.07, 6.45) is -0.259. The highest BCUT2D eigenvalue weighted by Crippen LogP contribution is 2.31. The Hall–Kier alpha value is -1.39. The molecular weight excluding hydrogens is 245 g/mol. The molecule has 0 aromatic heterocycles. The predicted octanol–water partition coefficient (Wildman–Crippen LogP) is 2.51. The number of fused-ring (bicyclic) bond motifs is 1. The van der Waals surface area contributed by atoms with Crippen molar-refractivity contribution in [2.45, 2.75) is 12.7 Å². The van der Waals surface area contributed by atoms with Gasteiger partial charge in [0.2, 0.25) is 0 Å². The van der Waals surface area contributed by atoms with Crippen LogP contribution in [0.1, 0.15) is 17.2 Å². The van der Waals surface area contributed by atoms with Crippen LogP contribution >= 0.6 is 11.6 Å². The molecule has 3 nitrogen and oxygen atoms in total. The Kier molecular flexibility index (Phi) is 3.45. The van der Waals surface area contributed by atoms with Crippen LogP contribution in [0.2, 0.25) is 5.02 Å². The molecular formula is C12H11ClFNO2. The van der Waals surface area contributed by atoms with E-state index in [-0.39, 0.29) is 12.6 Å². The maximum absolute atomic E-state index is 12.5. The largest absolute Gasteiger partial charge is 0.367 e. The summed E-state index contributed by atoms with van der Waals surface area (Å²) >= 11 is 5.85. The maximum Gasteiger partial charge on any atom is 0.279 e. The minimum Gasteiger partial charge on any atom is -0.367 e. The zero-order valence-corrected chi connectivity index (χ0v) is 9.76. The fourth-order valence-corrected chi connectivity index (χ4v) is 1.94. The molecule has 1 aromatic carbocycles. The van der Waals surface area contributed by atoms with Crippen LogP contribution in [0.25, 0.3) is 0 Å². The highest BCUT2D eigenvalue weighted by molar-refractivity contribution is 6.30. The fourth-order valence-electron chi connectivity index (χ4n) is 1.74. The van der Waals surface area contributed by atoms with Gasteiger partial charge in [-0.05, 0) is 23.3 Å². The quantitative estimate of drug-likeness (QED) is 0.843. The lowest BCUT2D eigenvalue weighted by Gasteiger charge is -2.11. The van der Waals surface area contributed by atoms with Gasteiger partial charge >= 0.3 is 0 Å². The molecule has 0 bridgehead atoms. The van der Waals surface area contributed by atoms with Gasteiger partial charge in [0.15, 0.2) is 5.83 Å². The molecule has 5 heteroatoms. The van der Waals surface area contributed by atoms with Crippen LogP contribution in [-0.2, 0) is 16.1 Å². The van der Waals surface area contributed by atoms with Crippen LogP contribution in [0.4, 0.5) is 4.39 Å². The Morgan fingerprint density at radius 1 is 1.65 bits per heavy atom. The SMILES string of the molecule is C=C(F)C(=O)NCC1OCc2cc(Cl)ccc21. The Morgan fingerprint density at radius 2 is 2.41 bits per heavy atom. The number of hydrogen-bond acceptors (Lipinski definition) is 2. The summed E-state index contributed by atoms with van der Waals surface area (Å²) in [6, 6.07) is 5.44. The van der Waals surface area contributed by atoms with Gasteiger partial charge in [0.25, 0.3) is 5.91 Å². The third kappa shape index (κ3) is 2.65. The molecule has 1 atom stereocenters. The molecule has 1 aliphatic rings. The van der Waals surface area contributed by atoms with Crippen molar-refractivity contribution in [1.82, 2.24) is 5.32 Å². The van der Waals surface area contributed by atoms with Gasteiger partial charge in [-0.25, -0.2) is 4.39 Å². The predicted molar refractivity (Wildman–Crippen MR) is 62.2 cm³/mol. The molecule has 0 spiro atoms. The van der Waals surface area contributed by atoms with Crippen LogP contribution in [-0.4, -0.2) is 12.5 Å². The number of carbonyl (C=O) groups is 1. The molecule has 0 saturated carbocycles. The van der Waals surface area contributed by atoms with Gasteiger partial charge in [0.1, 0.15) is 6.10 Å². The van der Waals surface area contributed by atoms with Crippen LogP contribution in [0.15, 0.2) is 30.6 Å². The zero-order chi connectivity index (χ0) is 12.4. The highest BCUT2D eigenvalue weighted by Gasteiger charge is 2.23. The van der Waals surface area contributed by atoms with E-state index in [0.717, 1.165) is 11.1 Å². The molecule has 90 valence electrons. The van der Waals surface area contributed by atoms with E-state index in [2.05, 4.69) is 11.9 Å². The number of halogens is 2. The van der Waals surface area contributed by atoms with Crippen LogP contribution in [0, 0.1) is 0 Å². The molecule has 1 N–H and O–H groups in total. The summed E-state index contributed by atoms with van der Waals surface area (Å²) in [7, 11) is 0. The van der Waals surface area contributed by atoms with Gasteiger partial charge in [-0.2, -0.15) is 0 Å². The molecule has 2 rings (SSSR count). The van der Waals surface area contributed by atoms with E-state index in [4.69, 9.17) is 16.3 Å². The first kappa shape index (κ1) is 12.1. The van der Waals surface area contributed by atoms with Crippen LogP contribution in [0.3, 0.4) is 0 Å². The Labute approximate surface area is 103 Å². The van der Waals surface area contributed by atoms with Gasteiger partial charge in [-0.3, -0.25) is 4.79 Å². The lowest BCUT2D eigenvalue weighted by molar-refractivity contribution is -0.119. The van der Waals surface area contributed by atoms with Crippen molar-refractivity contribution in [2.75, 3.05) is 6.54 Å². The van der Waals surface area contributed by atoms with Gasteiger partial charge in [-0.1, -0.05) is 24.2 Å². The molecule has 0 saturated heterocycles. The first-order valence-corrected chi connectivity index (χ1v) is 5.48. The van der Waals surface area contributed by atoms with E-state index in [1.54, 1.807) is 6.07 Å². The number of benzene rings is 1. The van der Waals surface area contributed by atoms with E-state index >= 15 is 0 Å². The zero-order valence-electron chi connectivity index (χ0n) is 9.00. The highest BCUT2D eigenvalue weighted by atomic mass is 35.5. The average molecular weight is 256 g/mol. The molecule has 17 heavy (non-hydrogen) atoms. The van der Waals surface area contributed by atoms with Crippen molar-refractivity contribution in [1.29, 1.82) is 0 Å². The lowest BCUT2D eigenvalue weighted by Crippen LogP contribution is -2.28. The minimum absolute atomic E-state index is 0.219. The summed E-state index contributed by atoms with van der Waals surface area (Å²) in [5.41, 5.74) is 1.97. The monoisotopic (exact) mass is 255 g/mol. The lowest BCUT2D eigenvalue weighted by atomic mass is 10.1. The second-order valence-corrected chi connectivity index (χ2v) is 4.19. The van der Waals surface area contributed by atoms with E-state index in [1.807, 2.05) is 12.1 Å². The standard InChI is InChI=1S/C12H11ClFNO2/c1-7(14)12(16)15-5-11-10-3-2-9(13)4-8(10)6-17-11/h2-4,11H,1,5-6H2,(H,15,16). The third-order valence-electron chi connectivity index (χ3n) is 2.59. The second kappa shape index (κ2) is 4.85. The number of ether oxygens (including phenoxy) is 1. The minimum atomic E-state index is -1.00. The van der Waals surface area contributed by atoms with E-state index in [9.17, 15) is 9.18 Å². The molecule has 0 radical (unpaired) electrons. The molecule has 1 amide bonds. The van der Waals surface area contributed by atoms with Crippen LogP contribution in [0.5, 0.6) is 0 Å².